The quantitative estimate of drug-likeness (QED) is 0.796. The van der Waals surface area contributed by atoms with Crippen LogP contribution in [0.2, 0.25) is 0 Å². The van der Waals surface area contributed by atoms with Gasteiger partial charge >= 0.3 is 6.09 Å². The first-order valence-corrected chi connectivity index (χ1v) is 9.01. The number of hydrogen-bond donors (Lipinski definition) is 2. The molecule has 7 nitrogen and oxygen atoms in total. The van der Waals surface area contributed by atoms with Gasteiger partial charge in [0.1, 0.15) is 11.5 Å². The molecule has 0 saturated carbocycles. The number of carbonyl (C=O) groups is 2. The number of nitrogens with one attached hydrogen (secondary N) is 1. The molecule has 3 rings (SSSR count). The molecule has 2 amide bonds. The van der Waals surface area contributed by atoms with Crippen molar-refractivity contribution in [2.45, 2.75) is 38.8 Å². The summed E-state index contributed by atoms with van der Waals surface area (Å²) in [5.74, 6) is 0.746. The maximum Gasteiger partial charge on any atom is 0.414 e. The fourth-order valence-corrected chi connectivity index (χ4v) is 3.19. The van der Waals surface area contributed by atoms with Gasteiger partial charge < -0.3 is 15.2 Å². The van der Waals surface area contributed by atoms with Crippen molar-refractivity contribution in [3.05, 3.63) is 58.7 Å². The Balaban J connectivity index is 1.88. The summed E-state index contributed by atoms with van der Waals surface area (Å²) >= 11 is 0. The summed E-state index contributed by atoms with van der Waals surface area (Å²) in [6.07, 6.45) is -0.223. The molecule has 3 N–H and O–H groups in total. The standard InChI is InChI=1S/C21H21N3O4/c1-3-4-14-10-15(27-17-8-5-13(11-22)9-12(17)2)6-7-16(14)18(23)19-20(25)24-21(26)28-19/h5-10,18-19H,3-4,23H2,1-2H3,(H,24,25,26)/t18-,19?/m1/s1. The first-order valence-electron chi connectivity index (χ1n) is 9.01. The van der Waals surface area contributed by atoms with Crippen LogP contribution in [0.15, 0.2) is 36.4 Å². The van der Waals surface area contributed by atoms with E-state index in [1.807, 2.05) is 19.9 Å². The number of hydrogen-bond acceptors (Lipinski definition) is 6. The third kappa shape index (κ3) is 3.97. The Kier molecular flexibility index (Phi) is 5.62. The molecule has 7 heteroatoms. The number of nitriles is 1. The normalized spacial score (nSPS) is 16.9. The van der Waals surface area contributed by atoms with E-state index in [2.05, 4.69) is 11.4 Å². The highest BCUT2D eigenvalue weighted by Gasteiger charge is 2.38. The van der Waals surface area contributed by atoms with Crippen molar-refractivity contribution < 1.29 is 19.1 Å². The highest BCUT2D eigenvalue weighted by atomic mass is 16.6. The number of cyclic esters (lactones) is 1. The van der Waals surface area contributed by atoms with Gasteiger partial charge in [-0.1, -0.05) is 19.4 Å². The number of rotatable bonds is 6. The van der Waals surface area contributed by atoms with Crippen molar-refractivity contribution in [2.24, 2.45) is 5.73 Å². The van der Waals surface area contributed by atoms with E-state index < -0.39 is 24.1 Å². The van der Waals surface area contributed by atoms with Crippen LogP contribution in [-0.4, -0.2) is 18.1 Å². The average Bonchev–Trinajstić information content (AvgIpc) is 3.01. The largest absolute Gasteiger partial charge is 0.457 e. The van der Waals surface area contributed by atoms with Gasteiger partial charge in [0.25, 0.3) is 5.91 Å². The maximum absolute atomic E-state index is 11.9. The SMILES string of the molecule is CCCc1cc(Oc2ccc(C#N)cc2C)ccc1[C@@H](N)C1OC(=O)NC1=O. The third-order valence-corrected chi connectivity index (χ3v) is 4.57. The summed E-state index contributed by atoms with van der Waals surface area (Å²) in [5.41, 5.74) is 9.32. The Labute approximate surface area is 163 Å². The Bertz CT molecular complexity index is 965. The lowest BCUT2D eigenvalue weighted by atomic mass is 9.94. The molecule has 0 bridgehead atoms. The van der Waals surface area contributed by atoms with Crippen LogP contribution in [0, 0.1) is 18.3 Å². The van der Waals surface area contributed by atoms with E-state index in [1.54, 1.807) is 30.3 Å². The zero-order chi connectivity index (χ0) is 20.3. The Morgan fingerprint density at radius 3 is 2.68 bits per heavy atom. The molecular formula is C21H21N3O4. The van der Waals surface area contributed by atoms with Crippen LogP contribution >= 0.6 is 0 Å². The summed E-state index contributed by atoms with van der Waals surface area (Å²) in [6.45, 7) is 3.91. The number of ether oxygens (including phenoxy) is 2. The minimum Gasteiger partial charge on any atom is -0.457 e. The molecule has 0 spiro atoms. The molecule has 2 aromatic rings. The van der Waals surface area contributed by atoms with E-state index in [1.165, 1.54) is 0 Å². The van der Waals surface area contributed by atoms with E-state index in [-0.39, 0.29) is 0 Å². The van der Waals surface area contributed by atoms with Gasteiger partial charge in [-0.2, -0.15) is 5.26 Å². The first-order chi connectivity index (χ1) is 13.4. The van der Waals surface area contributed by atoms with Crippen molar-refractivity contribution in [3.63, 3.8) is 0 Å². The molecule has 2 atom stereocenters. The number of alkyl carbamates (subject to hydrolysis) is 1. The molecule has 1 fully saturated rings. The van der Waals surface area contributed by atoms with E-state index in [4.69, 9.17) is 20.5 Å². The fraction of sp³-hybridized carbons (Fsp3) is 0.286. The summed E-state index contributed by atoms with van der Waals surface area (Å²) in [4.78, 5) is 23.2. The van der Waals surface area contributed by atoms with Crippen LogP contribution in [0.25, 0.3) is 0 Å². The molecule has 144 valence electrons. The van der Waals surface area contributed by atoms with Crippen molar-refractivity contribution in [2.75, 3.05) is 0 Å². The van der Waals surface area contributed by atoms with Crippen LogP contribution in [0.4, 0.5) is 4.79 Å². The van der Waals surface area contributed by atoms with Gasteiger partial charge in [-0.05, 0) is 60.4 Å². The zero-order valence-electron chi connectivity index (χ0n) is 15.7. The topological polar surface area (TPSA) is 114 Å². The van der Waals surface area contributed by atoms with Gasteiger partial charge in [0.05, 0.1) is 17.7 Å². The lowest BCUT2D eigenvalue weighted by Gasteiger charge is -2.20. The van der Waals surface area contributed by atoms with Crippen LogP contribution < -0.4 is 15.8 Å². The van der Waals surface area contributed by atoms with Gasteiger partial charge in [-0.25, -0.2) is 4.79 Å². The number of nitrogens with zero attached hydrogens (tertiary/aromatic N) is 1. The summed E-state index contributed by atoms with van der Waals surface area (Å²) < 4.78 is 11.0. The van der Waals surface area contributed by atoms with Crippen LogP contribution in [-0.2, 0) is 16.0 Å². The maximum atomic E-state index is 11.9. The van der Waals surface area contributed by atoms with Gasteiger partial charge in [0, 0.05) is 0 Å². The average molecular weight is 379 g/mol. The number of imide groups is 1. The molecule has 0 aliphatic carbocycles. The molecule has 1 heterocycles. The van der Waals surface area contributed by atoms with Gasteiger partial charge in [-0.3, -0.25) is 10.1 Å². The Morgan fingerprint density at radius 1 is 1.29 bits per heavy atom. The second-order valence-electron chi connectivity index (χ2n) is 6.65. The molecule has 0 radical (unpaired) electrons. The minimum absolute atomic E-state index is 0.534. The second-order valence-corrected chi connectivity index (χ2v) is 6.65. The monoisotopic (exact) mass is 379 g/mol. The van der Waals surface area contributed by atoms with Crippen LogP contribution in [0.1, 0.15) is 41.6 Å². The smallest absolute Gasteiger partial charge is 0.414 e. The van der Waals surface area contributed by atoms with E-state index in [9.17, 15) is 9.59 Å². The lowest BCUT2D eigenvalue weighted by molar-refractivity contribution is -0.124. The lowest BCUT2D eigenvalue weighted by Crippen LogP contribution is -2.34. The molecule has 28 heavy (non-hydrogen) atoms. The molecule has 1 aliphatic rings. The van der Waals surface area contributed by atoms with Gasteiger partial charge in [0.15, 0.2) is 0 Å². The second kappa shape index (κ2) is 8.11. The first kappa shape index (κ1) is 19.4. The minimum atomic E-state index is -1.05. The number of aryl methyl sites for hydroxylation is 2. The van der Waals surface area contributed by atoms with Crippen molar-refractivity contribution in [1.29, 1.82) is 5.26 Å². The predicted octanol–water partition coefficient (Wildman–Crippen LogP) is 3.25. The summed E-state index contributed by atoms with van der Waals surface area (Å²) in [5, 5.41) is 11.1. The van der Waals surface area contributed by atoms with E-state index in [0.717, 1.165) is 29.5 Å². The molecule has 1 aliphatic heterocycles. The fourth-order valence-electron chi connectivity index (χ4n) is 3.19. The van der Waals surface area contributed by atoms with Gasteiger partial charge in [-0.15, -0.1) is 0 Å². The number of nitrogens with two attached hydrogens (primary N) is 1. The molecule has 1 saturated heterocycles. The predicted molar refractivity (Wildman–Crippen MR) is 102 cm³/mol. The highest BCUT2D eigenvalue weighted by molar-refractivity contribution is 6.00. The Hall–Kier alpha value is -3.37. The van der Waals surface area contributed by atoms with Gasteiger partial charge in [0.2, 0.25) is 6.10 Å². The summed E-state index contributed by atoms with van der Waals surface area (Å²) in [7, 11) is 0. The van der Waals surface area contributed by atoms with Crippen molar-refractivity contribution >= 4 is 12.0 Å². The van der Waals surface area contributed by atoms with Crippen LogP contribution in [0.5, 0.6) is 11.5 Å². The van der Waals surface area contributed by atoms with E-state index in [0.29, 0.717) is 17.1 Å². The molecule has 0 aromatic heterocycles. The zero-order valence-corrected chi connectivity index (χ0v) is 15.7. The molecule has 2 aromatic carbocycles. The molecule has 1 unspecified atom stereocenters. The summed E-state index contributed by atoms with van der Waals surface area (Å²) in [6, 6.07) is 12.0. The highest BCUT2D eigenvalue weighted by Crippen LogP contribution is 2.31. The number of amides is 2. The third-order valence-electron chi connectivity index (χ3n) is 4.57. The van der Waals surface area contributed by atoms with E-state index >= 15 is 0 Å². The van der Waals surface area contributed by atoms with Crippen molar-refractivity contribution in [3.8, 4) is 17.6 Å². The number of carbonyl (C=O) groups excluding carboxylic acids is 2. The molecular weight excluding hydrogens is 358 g/mol. The van der Waals surface area contributed by atoms with Crippen LogP contribution in [0.3, 0.4) is 0 Å². The Morgan fingerprint density at radius 2 is 2.07 bits per heavy atom. The number of benzene rings is 2. The van der Waals surface area contributed by atoms with Crippen molar-refractivity contribution in [1.82, 2.24) is 5.32 Å².